The summed E-state index contributed by atoms with van der Waals surface area (Å²) in [4.78, 5) is 26.3. The van der Waals surface area contributed by atoms with Crippen molar-refractivity contribution in [3.05, 3.63) is 30.2 Å². The number of aliphatic carboxylic acids is 1. The fourth-order valence-electron chi connectivity index (χ4n) is 1.44. The van der Waals surface area contributed by atoms with E-state index in [1.165, 1.54) is 23.6 Å². The summed E-state index contributed by atoms with van der Waals surface area (Å²) in [5.41, 5.74) is 0.287. The Labute approximate surface area is 102 Å². The molecule has 1 atom stereocenters. The molecule has 0 aromatic carbocycles. The minimum absolute atomic E-state index is 0.0459. The number of fused-ring (bicyclic) bond motifs is 1. The van der Waals surface area contributed by atoms with Gasteiger partial charge in [-0.1, -0.05) is 0 Å². The van der Waals surface area contributed by atoms with E-state index in [9.17, 15) is 14.7 Å². The summed E-state index contributed by atoms with van der Waals surface area (Å²) in [5, 5.41) is 20.5. The van der Waals surface area contributed by atoms with E-state index in [1.54, 1.807) is 12.3 Å². The number of aromatic nitrogens is 2. The minimum Gasteiger partial charge on any atom is -0.504 e. The Balaban J connectivity index is 2.29. The van der Waals surface area contributed by atoms with Gasteiger partial charge in [-0.05, 0) is 19.1 Å². The molecule has 94 valence electrons. The van der Waals surface area contributed by atoms with Crippen molar-refractivity contribution in [2.24, 2.45) is 0 Å². The maximum atomic E-state index is 11.7. The van der Waals surface area contributed by atoms with E-state index < -0.39 is 17.9 Å². The highest BCUT2D eigenvalue weighted by molar-refractivity contribution is 5.95. The SMILES string of the molecule is CC(NC(=O)c1cn2cccc(O)c2n1)C(=O)O. The van der Waals surface area contributed by atoms with Crippen LogP contribution in [0.3, 0.4) is 0 Å². The molecule has 0 aliphatic heterocycles. The molecule has 7 nitrogen and oxygen atoms in total. The minimum atomic E-state index is -1.13. The number of imidazole rings is 1. The molecule has 3 N–H and O–H groups in total. The Hall–Kier alpha value is -2.57. The van der Waals surface area contributed by atoms with Crippen LogP contribution in [0.4, 0.5) is 0 Å². The van der Waals surface area contributed by atoms with E-state index in [-0.39, 0.29) is 17.1 Å². The predicted octanol–water partition coefficient (Wildman–Crippen LogP) is 0.243. The fourth-order valence-corrected chi connectivity index (χ4v) is 1.44. The zero-order chi connectivity index (χ0) is 13.3. The van der Waals surface area contributed by atoms with Gasteiger partial charge in [-0.3, -0.25) is 9.59 Å². The Kier molecular flexibility index (Phi) is 2.88. The van der Waals surface area contributed by atoms with Crippen LogP contribution in [0.2, 0.25) is 0 Å². The van der Waals surface area contributed by atoms with Gasteiger partial charge in [0.05, 0.1) is 0 Å². The van der Waals surface area contributed by atoms with Crippen molar-refractivity contribution in [3.63, 3.8) is 0 Å². The standard InChI is InChI=1S/C11H11N3O4/c1-6(11(17)18)12-10(16)7-5-14-4-2-3-8(15)9(14)13-7/h2-6,15H,1H3,(H,12,16)(H,17,18). The fraction of sp³-hybridized carbons (Fsp3) is 0.182. The van der Waals surface area contributed by atoms with Gasteiger partial charge in [-0.15, -0.1) is 0 Å². The van der Waals surface area contributed by atoms with Crippen molar-refractivity contribution in [1.82, 2.24) is 14.7 Å². The van der Waals surface area contributed by atoms with Crippen LogP contribution in [0.15, 0.2) is 24.5 Å². The molecule has 0 radical (unpaired) electrons. The predicted molar refractivity (Wildman–Crippen MR) is 61.4 cm³/mol. The Morgan fingerprint density at radius 1 is 1.50 bits per heavy atom. The molecule has 0 bridgehead atoms. The lowest BCUT2D eigenvalue weighted by Gasteiger charge is -2.06. The Bertz CT molecular complexity index is 620. The summed E-state index contributed by atoms with van der Waals surface area (Å²) in [6, 6.07) is 2.05. The van der Waals surface area contributed by atoms with Crippen LogP contribution in [0.5, 0.6) is 5.75 Å². The van der Waals surface area contributed by atoms with Crippen molar-refractivity contribution in [2.45, 2.75) is 13.0 Å². The van der Waals surface area contributed by atoms with Crippen LogP contribution in [0.1, 0.15) is 17.4 Å². The number of carbonyl (C=O) groups excluding carboxylic acids is 1. The van der Waals surface area contributed by atoms with Gasteiger partial charge in [0, 0.05) is 12.4 Å². The van der Waals surface area contributed by atoms with Gasteiger partial charge in [-0.2, -0.15) is 0 Å². The summed E-state index contributed by atoms with van der Waals surface area (Å²) in [6.45, 7) is 1.35. The smallest absolute Gasteiger partial charge is 0.325 e. The first-order chi connectivity index (χ1) is 8.49. The molecule has 2 rings (SSSR count). The first kappa shape index (κ1) is 11.9. The number of nitrogens with one attached hydrogen (secondary N) is 1. The van der Waals surface area contributed by atoms with Crippen molar-refractivity contribution in [3.8, 4) is 5.75 Å². The van der Waals surface area contributed by atoms with Gasteiger partial charge in [-0.25, -0.2) is 4.98 Å². The molecule has 1 amide bonds. The molecule has 0 saturated heterocycles. The Morgan fingerprint density at radius 2 is 2.22 bits per heavy atom. The average Bonchev–Trinajstić information content (AvgIpc) is 2.74. The molecule has 0 aliphatic carbocycles. The van der Waals surface area contributed by atoms with Crippen molar-refractivity contribution < 1.29 is 19.8 Å². The molecule has 2 aromatic heterocycles. The van der Waals surface area contributed by atoms with E-state index in [4.69, 9.17) is 5.11 Å². The molecular weight excluding hydrogens is 238 g/mol. The number of rotatable bonds is 3. The highest BCUT2D eigenvalue weighted by Gasteiger charge is 2.18. The molecular formula is C11H11N3O4. The van der Waals surface area contributed by atoms with E-state index in [1.807, 2.05) is 0 Å². The van der Waals surface area contributed by atoms with E-state index in [0.717, 1.165) is 0 Å². The van der Waals surface area contributed by atoms with E-state index in [0.29, 0.717) is 0 Å². The lowest BCUT2D eigenvalue weighted by Crippen LogP contribution is -2.38. The quantitative estimate of drug-likeness (QED) is 0.723. The van der Waals surface area contributed by atoms with Gasteiger partial charge in [0.1, 0.15) is 11.7 Å². The zero-order valence-electron chi connectivity index (χ0n) is 9.49. The molecule has 2 heterocycles. The average molecular weight is 249 g/mol. The first-order valence-electron chi connectivity index (χ1n) is 5.19. The van der Waals surface area contributed by atoms with Gasteiger partial charge in [0.15, 0.2) is 11.4 Å². The van der Waals surface area contributed by atoms with Crippen LogP contribution in [0.25, 0.3) is 5.65 Å². The Morgan fingerprint density at radius 3 is 2.83 bits per heavy atom. The number of amides is 1. The number of carboxylic acid groups (broad SMARTS) is 1. The van der Waals surface area contributed by atoms with E-state index >= 15 is 0 Å². The van der Waals surface area contributed by atoms with E-state index in [2.05, 4.69) is 10.3 Å². The van der Waals surface area contributed by atoms with Crippen molar-refractivity contribution in [1.29, 1.82) is 0 Å². The summed E-state index contributed by atoms with van der Waals surface area (Å²) in [7, 11) is 0. The third-order valence-electron chi connectivity index (χ3n) is 2.41. The number of hydrogen-bond acceptors (Lipinski definition) is 4. The molecule has 2 aromatic rings. The number of carboxylic acids is 1. The van der Waals surface area contributed by atoms with Crippen LogP contribution in [0, 0.1) is 0 Å². The molecule has 1 unspecified atom stereocenters. The molecule has 0 saturated carbocycles. The lowest BCUT2D eigenvalue weighted by molar-refractivity contribution is -0.138. The lowest BCUT2D eigenvalue weighted by atomic mass is 10.3. The number of hydrogen-bond donors (Lipinski definition) is 3. The number of pyridine rings is 1. The highest BCUT2D eigenvalue weighted by Crippen LogP contribution is 2.16. The monoisotopic (exact) mass is 249 g/mol. The molecule has 7 heteroatoms. The molecule has 0 spiro atoms. The second-order valence-electron chi connectivity index (χ2n) is 3.78. The van der Waals surface area contributed by atoms with Crippen molar-refractivity contribution in [2.75, 3.05) is 0 Å². The second kappa shape index (κ2) is 4.36. The largest absolute Gasteiger partial charge is 0.504 e. The van der Waals surface area contributed by atoms with Gasteiger partial charge >= 0.3 is 5.97 Å². The summed E-state index contributed by atoms with van der Waals surface area (Å²) in [6.07, 6.45) is 3.04. The van der Waals surface area contributed by atoms with Crippen LogP contribution >= 0.6 is 0 Å². The zero-order valence-corrected chi connectivity index (χ0v) is 9.49. The maximum absolute atomic E-state index is 11.7. The number of nitrogens with zero attached hydrogens (tertiary/aromatic N) is 2. The normalized spacial score (nSPS) is 12.3. The number of aromatic hydroxyl groups is 1. The molecule has 18 heavy (non-hydrogen) atoms. The molecule has 0 fully saturated rings. The summed E-state index contributed by atoms with van der Waals surface area (Å²) >= 11 is 0. The van der Waals surface area contributed by atoms with Crippen molar-refractivity contribution >= 4 is 17.5 Å². The van der Waals surface area contributed by atoms with Gasteiger partial charge < -0.3 is 19.9 Å². The summed E-state index contributed by atoms with van der Waals surface area (Å²) < 4.78 is 1.48. The highest BCUT2D eigenvalue weighted by atomic mass is 16.4. The van der Waals surface area contributed by atoms with Crippen LogP contribution in [-0.4, -0.2) is 37.5 Å². The third-order valence-corrected chi connectivity index (χ3v) is 2.41. The first-order valence-corrected chi connectivity index (χ1v) is 5.19. The summed E-state index contributed by atoms with van der Waals surface area (Å²) in [5.74, 6) is -1.79. The van der Waals surface area contributed by atoms with Gasteiger partial charge in [0.25, 0.3) is 5.91 Å². The third kappa shape index (κ3) is 2.10. The maximum Gasteiger partial charge on any atom is 0.325 e. The second-order valence-corrected chi connectivity index (χ2v) is 3.78. The van der Waals surface area contributed by atoms with Gasteiger partial charge in [0.2, 0.25) is 0 Å². The van der Waals surface area contributed by atoms with Crippen LogP contribution < -0.4 is 5.32 Å². The topological polar surface area (TPSA) is 104 Å². The molecule has 0 aliphatic rings. The number of carbonyl (C=O) groups is 2. The van der Waals surface area contributed by atoms with Crippen LogP contribution in [-0.2, 0) is 4.79 Å².